The van der Waals surface area contributed by atoms with Gasteiger partial charge in [0, 0.05) is 44.5 Å². The van der Waals surface area contributed by atoms with Crippen molar-refractivity contribution in [1.29, 1.82) is 0 Å². The van der Waals surface area contributed by atoms with Crippen molar-refractivity contribution in [2.24, 2.45) is 0 Å². The van der Waals surface area contributed by atoms with Gasteiger partial charge >= 0.3 is 0 Å². The van der Waals surface area contributed by atoms with E-state index in [4.69, 9.17) is 10.1 Å². The Bertz CT molecular complexity index is 1010. The lowest BCUT2D eigenvalue weighted by Gasteiger charge is -2.19. The van der Waals surface area contributed by atoms with E-state index in [0.717, 1.165) is 29.4 Å². The first-order chi connectivity index (χ1) is 14.1. The molecular formula is C21H26N6O2. The van der Waals surface area contributed by atoms with Crippen molar-refractivity contribution in [3.63, 3.8) is 0 Å². The molecular weight excluding hydrogens is 368 g/mol. The SMILES string of the molecule is CN(C)C(=O)c1cc2cnc(Nc3ccc(CCO)cn3)nc2n1C1CCCC1. The molecule has 1 aliphatic rings. The summed E-state index contributed by atoms with van der Waals surface area (Å²) in [4.78, 5) is 27.9. The fraction of sp³-hybridized carbons (Fsp3) is 0.429. The lowest BCUT2D eigenvalue weighted by molar-refractivity contribution is 0.0815. The zero-order valence-electron chi connectivity index (χ0n) is 16.8. The minimum atomic E-state index is -0.0226. The molecule has 0 radical (unpaired) electrons. The van der Waals surface area contributed by atoms with E-state index in [1.54, 1.807) is 31.4 Å². The van der Waals surface area contributed by atoms with Crippen molar-refractivity contribution in [3.05, 3.63) is 41.9 Å². The second-order valence-corrected chi connectivity index (χ2v) is 7.66. The van der Waals surface area contributed by atoms with Crippen molar-refractivity contribution in [1.82, 2.24) is 24.4 Å². The van der Waals surface area contributed by atoms with E-state index in [1.165, 1.54) is 12.8 Å². The van der Waals surface area contributed by atoms with Gasteiger partial charge in [0.1, 0.15) is 17.2 Å². The average Bonchev–Trinajstić information content (AvgIpc) is 3.36. The van der Waals surface area contributed by atoms with Gasteiger partial charge in [-0.2, -0.15) is 4.98 Å². The van der Waals surface area contributed by atoms with E-state index in [-0.39, 0.29) is 18.6 Å². The molecule has 0 bridgehead atoms. The van der Waals surface area contributed by atoms with E-state index >= 15 is 0 Å². The second kappa shape index (κ2) is 8.16. The molecule has 1 amide bonds. The van der Waals surface area contributed by atoms with E-state index in [0.29, 0.717) is 23.9 Å². The number of aliphatic hydroxyl groups is 1. The Labute approximate surface area is 169 Å². The molecule has 0 saturated heterocycles. The highest BCUT2D eigenvalue weighted by molar-refractivity contribution is 5.97. The Balaban J connectivity index is 1.70. The predicted octanol–water partition coefficient (Wildman–Crippen LogP) is 2.92. The van der Waals surface area contributed by atoms with Gasteiger partial charge in [0.25, 0.3) is 5.91 Å². The molecule has 0 aliphatic heterocycles. The second-order valence-electron chi connectivity index (χ2n) is 7.66. The third-order valence-electron chi connectivity index (χ3n) is 5.36. The van der Waals surface area contributed by atoms with Gasteiger partial charge in [0.2, 0.25) is 5.95 Å². The van der Waals surface area contributed by atoms with Crippen LogP contribution < -0.4 is 5.32 Å². The summed E-state index contributed by atoms with van der Waals surface area (Å²) in [7, 11) is 3.54. The van der Waals surface area contributed by atoms with Crippen molar-refractivity contribution >= 4 is 28.7 Å². The standard InChI is InChI=1S/C21H26N6O2/c1-26(2)20(29)17-11-15-13-23-21(24-18-8-7-14(9-10-28)12-22-18)25-19(15)27(17)16-5-3-4-6-16/h7-8,11-13,16,28H,3-6,9-10H2,1-2H3,(H,22,23,24,25). The number of hydrogen-bond donors (Lipinski definition) is 2. The molecule has 0 atom stereocenters. The van der Waals surface area contributed by atoms with E-state index in [9.17, 15) is 4.79 Å². The smallest absolute Gasteiger partial charge is 0.270 e. The maximum atomic E-state index is 12.8. The van der Waals surface area contributed by atoms with Crippen molar-refractivity contribution in [2.75, 3.05) is 26.0 Å². The number of carbonyl (C=O) groups excluding carboxylic acids is 1. The predicted molar refractivity (Wildman–Crippen MR) is 111 cm³/mol. The van der Waals surface area contributed by atoms with Crippen LogP contribution in [0.4, 0.5) is 11.8 Å². The summed E-state index contributed by atoms with van der Waals surface area (Å²) in [5.74, 6) is 1.06. The maximum absolute atomic E-state index is 12.8. The molecule has 29 heavy (non-hydrogen) atoms. The van der Waals surface area contributed by atoms with Crippen molar-refractivity contribution in [2.45, 2.75) is 38.1 Å². The summed E-state index contributed by atoms with van der Waals surface area (Å²) in [5.41, 5.74) is 2.41. The fourth-order valence-electron chi connectivity index (χ4n) is 3.88. The number of nitrogens with zero attached hydrogens (tertiary/aromatic N) is 5. The van der Waals surface area contributed by atoms with Crippen molar-refractivity contribution in [3.8, 4) is 0 Å². The van der Waals surface area contributed by atoms with Crippen LogP contribution >= 0.6 is 0 Å². The average molecular weight is 394 g/mol. The van der Waals surface area contributed by atoms with Gasteiger partial charge in [-0.25, -0.2) is 9.97 Å². The van der Waals surface area contributed by atoms with Crippen LogP contribution in [0.1, 0.15) is 47.8 Å². The minimum absolute atomic E-state index is 0.0226. The molecule has 8 heteroatoms. The van der Waals surface area contributed by atoms with Gasteiger partial charge in [0.15, 0.2) is 0 Å². The molecule has 1 fully saturated rings. The van der Waals surface area contributed by atoms with Gasteiger partial charge in [-0.1, -0.05) is 18.9 Å². The highest BCUT2D eigenvalue weighted by Crippen LogP contribution is 2.34. The maximum Gasteiger partial charge on any atom is 0.270 e. The van der Waals surface area contributed by atoms with Crippen LogP contribution in [0.2, 0.25) is 0 Å². The lowest BCUT2D eigenvalue weighted by Crippen LogP contribution is -2.25. The topological polar surface area (TPSA) is 96.2 Å². The summed E-state index contributed by atoms with van der Waals surface area (Å²) in [6.07, 6.45) is 8.50. The lowest BCUT2D eigenvalue weighted by atomic mass is 10.2. The first kappa shape index (κ1) is 19.3. The zero-order valence-corrected chi connectivity index (χ0v) is 16.8. The Kier molecular flexibility index (Phi) is 5.44. The minimum Gasteiger partial charge on any atom is -0.396 e. The summed E-state index contributed by atoms with van der Waals surface area (Å²) >= 11 is 0. The molecule has 0 unspecified atom stereocenters. The molecule has 8 nitrogen and oxygen atoms in total. The molecule has 3 aromatic rings. The van der Waals surface area contributed by atoms with E-state index < -0.39 is 0 Å². The summed E-state index contributed by atoms with van der Waals surface area (Å²) in [5, 5.41) is 13.0. The Morgan fingerprint density at radius 2 is 2.03 bits per heavy atom. The Morgan fingerprint density at radius 3 is 2.69 bits per heavy atom. The van der Waals surface area contributed by atoms with Crippen molar-refractivity contribution < 1.29 is 9.90 Å². The normalized spacial score (nSPS) is 14.4. The van der Waals surface area contributed by atoms with E-state index in [1.807, 2.05) is 18.2 Å². The molecule has 3 heterocycles. The number of carbonyl (C=O) groups is 1. The number of anilines is 2. The summed E-state index contributed by atoms with van der Waals surface area (Å²) in [6.45, 7) is 0.0976. The number of nitrogens with one attached hydrogen (secondary N) is 1. The first-order valence-corrected chi connectivity index (χ1v) is 9.99. The van der Waals surface area contributed by atoms with Crippen LogP contribution in [-0.2, 0) is 6.42 Å². The monoisotopic (exact) mass is 394 g/mol. The highest BCUT2D eigenvalue weighted by Gasteiger charge is 2.26. The van der Waals surface area contributed by atoms with Gasteiger partial charge in [-0.3, -0.25) is 4.79 Å². The van der Waals surface area contributed by atoms with Crippen LogP contribution in [0.5, 0.6) is 0 Å². The van der Waals surface area contributed by atoms with E-state index in [2.05, 4.69) is 19.9 Å². The molecule has 0 aromatic carbocycles. The molecule has 3 aromatic heterocycles. The number of amides is 1. The highest BCUT2D eigenvalue weighted by atomic mass is 16.3. The van der Waals surface area contributed by atoms with Crippen LogP contribution in [-0.4, -0.2) is 56.1 Å². The first-order valence-electron chi connectivity index (χ1n) is 9.99. The molecule has 2 N–H and O–H groups in total. The van der Waals surface area contributed by atoms with Gasteiger partial charge in [-0.05, 0) is 37.0 Å². The number of hydrogen-bond acceptors (Lipinski definition) is 6. The Hall–Kier alpha value is -3.00. The molecule has 1 aliphatic carbocycles. The third-order valence-corrected chi connectivity index (χ3v) is 5.36. The fourth-order valence-corrected chi connectivity index (χ4v) is 3.88. The number of aliphatic hydroxyl groups excluding tert-OH is 1. The number of fused-ring (bicyclic) bond motifs is 1. The van der Waals surface area contributed by atoms with Crippen LogP contribution in [0.3, 0.4) is 0 Å². The third kappa shape index (κ3) is 3.93. The number of pyridine rings is 1. The van der Waals surface area contributed by atoms with Gasteiger partial charge in [-0.15, -0.1) is 0 Å². The number of aromatic nitrogens is 4. The Morgan fingerprint density at radius 1 is 1.24 bits per heavy atom. The van der Waals surface area contributed by atoms with Crippen LogP contribution in [0.15, 0.2) is 30.6 Å². The molecule has 1 saturated carbocycles. The summed E-state index contributed by atoms with van der Waals surface area (Å²) < 4.78 is 2.09. The summed E-state index contributed by atoms with van der Waals surface area (Å²) in [6, 6.07) is 5.93. The molecule has 152 valence electrons. The van der Waals surface area contributed by atoms with Crippen LogP contribution in [0, 0.1) is 0 Å². The molecule has 0 spiro atoms. The zero-order chi connectivity index (χ0) is 20.4. The molecule has 4 rings (SSSR count). The van der Waals surface area contributed by atoms with Gasteiger partial charge < -0.3 is 19.9 Å². The van der Waals surface area contributed by atoms with Crippen LogP contribution in [0.25, 0.3) is 11.0 Å². The number of rotatable bonds is 6. The largest absolute Gasteiger partial charge is 0.396 e. The van der Waals surface area contributed by atoms with Gasteiger partial charge in [0.05, 0.1) is 0 Å². The quantitative estimate of drug-likeness (QED) is 0.667.